The Morgan fingerprint density at radius 2 is 2.00 bits per heavy atom. The number of carbonyl (C=O) groups is 1. The molecule has 82 valence electrons. The van der Waals surface area contributed by atoms with Gasteiger partial charge in [-0.1, -0.05) is 20.3 Å². The van der Waals surface area contributed by atoms with Crippen LogP contribution >= 0.6 is 0 Å². The first-order chi connectivity index (χ1) is 6.52. The molecule has 0 aliphatic heterocycles. The Balaban J connectivity index is 2.48. The SMILES string of the molecule is CC(C)C(C)OC(=O)C1(CN)CCC1. The first-order valence-electron chi connectivity index (χ1n) is 5.43. The summed E-state index contributed by atoms with van der Waals surface area (Å²) in [6.45, 7) is 6.46. The molecule has 14 heavy (non-hydrogen) atoms. The van der Waals surface area contributed by atoms with Gasteiger partial charge in [0.1, 0.15) is 6.10 Å². The van der Waals surface area contributed by atoms with Crippen LogP contribution in [0.3, 0.4) is 0 Å². The molecule has 3 heteroatoms. The maximum absolute atomic E-state index is 11.8. The van der Waals surface area contributed by atoms with Crippen LogP contribution in [0.4, 0.5) is 0 Å². The van der Waals surface area contributed by atoms with Gasteiger partial charge in [0.25, 0.3) is 0 Å². The van der Waals surface area contributed by atoms with Crippen molar-refractivity contribution >= 4 is 5.97 Å². The molecule has 0 amide bonds. The molecule has 1 fully saturated rings. The van der Waals surface area contributed by atoms with Crippen molar-refractivity contribution in [2.45, 2.75) is 46.1 Å². The molecule has 1 rings (SSSR count). The maximum atomic E-state index is 11.8. The van der Waals surface area contributed by atoms with Crippen LogP contribution in [0.5, 0.6) is 0 Å². The molecule has 0 saturated heterocycles. The average molecular weight is 199 g/mol. The van der Waals surface area contributed by atoms with Gasteiger partial charge in [0.2, 0.25) is 0 Å². The van der Waals surface area contributed by atoms with E-state index in [0.717, 1.165) is 19.3 Å². The number of hydrogen-bond acceptors (Lipinski definition) is 3. The molecular formula is C11H21NO2. The van der Waals surface area contributed by atoms with E-state index in [1.165, 1.54) is 0 Å². The van der Waals surface area contributed by atoms with E-state index in [1.807, 2.05) is 20.8 Å². The van der Waals surface area contributed by atoms with Crippen LogP contribution in [0, 0.1) is 11.3 Å². The second-order valence-corrected chi connectivity index (χ2v) is 4.69. The van der Waals surface area contributed by atoms with Gasteiger partial charge in [-0.3, -0.25) is 4.79 Å². The van der Waals surface area contributed by atoms with Gasteiger partial charge in [0.15, 0.2) is 0 Å². The van der Waals surface area contributed by atoms with Gasteiger partial charge >= 0.3 is 5.97 Å². The van der Waals surface area contributed by atoms with Crippen molar-refractivity contribution in [3.05, 3.63) is 0 Å². The highest BCUT2D eigenvalue weighted by atomic mass is 16.5. The summed E-state index contributed by atoms with van der Waals surface area (Å²) in [5.41, 5.74) is 5.28. The molecule has 0 aromatic carbocycles. The van der Waals surface area contributed by atoms with Crippen molar-refractivity contribution in [2.24, 2.45) is 17.1 Å². The molecule has 0 aromatic heterocycles. The maximum Gasteiger partial charge on any atom is 0.313 e. The molecule has 1 aliphatic rings. The third-order valence-electron chi connectivity index (χ3n) is 3.37. The fourth-order valence-corrected chi connectivity index (χ4v) is 1.53. The number of carbonyl (C=O) groups excluding carboxylic acids is 1. The standard InChI is InChI=1S/C11H21NO2/c1-8(2)9(3)14-10(13)11(7-12)5-4-6-11/h8-9H,4-7,12H2,1-3H3. The Bertz CT molecular complexity index is 204. The number of ether oxygens (including phenoxy) is 1. The van der Waals surface area contributed by atoms with Crippen molar-refractivity contribution in [1.82, 2.24) is 0 Å². The fraction of sp³-hybridized carbons (Fsp3) is 0.909. The average Bonchev–Trinajstić information content (AvgIpc) is 2.02. The van der Waals surface area contributed by atoms with Crippen molar-refractivity contribution in [1.29, 1.82) is 0 Å². The predicted octanol–water partition coefficient (Wildman–Crippen LogP) is 1.70. The van der Waals surface area contributed by atoms with Gasteiger partial charge in [-0.05, 0) is 25.7 Å². The Morgan fingerprint density at radius 3 is 2.29 bits per heavy atom. The third kappa shape index (κ3) is 2.08. The summed E-state index contributed by atoms with van der Waals surface area (Å²) < 4.78 is 5.39. The Kier molecular flexibility index (Phi) is 3.53. The van der Waals surface area contributed by atoms with E-state index in [4.69, 9.17) is 10.5 Å². The molecule has 0 bridgehead atoms. The lowest BCUT2D eigenvalue weighted by Gasteiger charge is -2.39. The second-order valence-electron chi connectivity index (χ2n) is 4.69. The van der Waals surface area contributed by atoms with Crippen molar-refractivity contribution < 1.29 is 9.53 Å². The number of nitrogens with two attached hydrogens (primary N) is 1. The topological polar surface area (TPSA) is 52.3 Å². The van der Waals surface area contributed by atoms with Crippen molar-refractivity contribution in [3.8, 4) is 0 Å². The smallest absolute Gasteiger partial charge is 0.313 e. The normalized spacial score (nSPS) is 21.5. The van der Waals surface area contributed by atoms with Gasteiger partial charge < -0.3 is 10.5 Å². The molecule has 1 atom stereocenters. The first kappa shape index (κ1) is 11.5. The summed E-state index contributed by atoms with van der Waals surface area (Å²) in [5.74, 6) is 0.279. The highest BCUT2D eigenvalue weighted by Gasteiger charge is 2.44. The van der Waals surface area contributed by atoms with E-state index in [2.05, 4.69) is 0 Å². The molecule has 1 saturated carbocycles. The lowest BCUT2D eigenvalue weighted by molar-refractivity contribution is -0.167. The lowest BCUT2D eigenvalue weighted by Crippen LogP contribution is -2.46. The molecule has 3 nitrogen and oxygen atoms in total. The van der Waals surface area contributed by atoms with Gasteiger partial charge in [-0.15, -0.1) is 0 Å². The molecule has 1 aliphatic carbocycles. The summed E-state index contributed by atoms with van der Waals surface area (Å²) in [6.07, 6.45) is 2.88. The lowest BCUT2D eigenvalue weighted by atomic mass is 9.69. The summed E-state index contributed by atoms with van der Waals surface area (Å²) >= 11 is 0. The zero-order chi connectivity index (χ0) is 10.8. The van der Waals surface area contributed by atoms with Gasteiger partial charge in [-0.25, -0.2) is 0 Å². The second kappa shape index (κ2) is 4.30. The molecular weight excluding hydrogens is 178 g/mol. The summed E-state index contributed by atoms with van der Waals surface area (Å²) in [7, 11) is 0. The molecule has 2 N–H and O–H groups in total. The highest BCUT2D eigenvalue weighted by molar-refractivity contribution is 5.78. The fourth-order valence-electron chi connectivity index (χ4n) is 1.53. The minimum Gasteiger partial charge on any atom is -0.462 e. The third-order valence-corrected chi connectivity index (χ3v) is 3.37. The van der Waals surface area contributed by atoms with Gasteiger partial charge in [0.05, 0.1) is 5.41 Å². The van der Waals surface area contributed by atoms with Crippen molar-refractivity contribution in [3.63, 3.8) is 0 Å². The van der Waals surface area contributed by atoms with E-state index in [1.54, 1.807) is 0 Å². The van der Waals surface area contributed by atoms with Crippen LogP contribution in [0.15, 0.2) is 0 Å². The quantitative estimate of drug-likeness (QED) is 0.701. The van der Waals surface area contributed by atoms with Gasteiger partial charge in [0, 0.05) is 6.54 Å². The van der Waals surface area contributed by atoms with E-state index >= 15 is 0 Å². The largest absolute Gasteiger partial charge is 0.462 e. The summed E-state index contributed by atoms with van der Waals surface area (Å²) in [5, 5.41) is 0. The molecule has 0 radical (unpaired) electrons. The van der Waals surface area contributed by atoms with Crippen LogP contribution < -0.4 is 5.73 Å². The van der Waals surface area contributed by atoms with Crippen molar-refractivity contribution in [2.75, 3.05) is 6.54 Å². The number of esters is 1. The monoisotopic (exact) mass is 199 g/mol. The van der Waals surface area contributed by atoms with Crippen LogP contribution in [0.1, 0.15) is 40.0 Å². The zero-order valence-corrected chi connectivity index (χ0v) is 9.38. The molecule has 0 spiro atoms. The van der Waals surface area contributed by atoms with Crippen LogP contribution in [0.2, 0.25) is 0 Å². The summed E-state index contributed by atoms with van der Waals surface area (Å²) in [4.78, 5) is 11.8. The van der Waals surface area contributed by atoms with E-state index in [-0.39, 0.29) is 17.5 Å². The predicted molar refractivity (Wildman–Crippen MR) is 55.7 cm³/mol. The Labute approximate surface area is 86.0 Å². The summed E-state index contributed by atoms with van der Waals surface area (Å²) in [6, 6.07) is 0. The first-order valence-corrected chi connectivity index (χ1v) is 5.43. The Morgan fingerprint density at radius 1 is 1.43 bits per heavy atom. The van der Waals surface area contributed by atoms with E-state index in [9.17, 15) is 4.79 Å². The van der Waals surface area contributed by atoms with E-state index in [0.29, 0.717) is 12.5 Å². The molecule has 0 aromatic rings. The number of hydrogen-bond donors (Lipinski definition) is 1. The van der Waals surface area contributed by atoms with E-state index < -0.39 is 0 Å². The van der Waals surface area contributed by atoms with Crippen LogP contribution in [-0.4, -0.2) is 18.6 Å². The molecule has 1 unspecified atom stereocenters. The zero-order valence-electron chi connectivity index (χ0n) is 9.38. The minimum absolute atomic E-state index is 0.00785. The number of rotatable bonds is 4. The van der Waals surface area contributed by atoms with Crippen LogP contribution in [-0.2, 0) is 9.53 Å². The van der Waals surface area contributed by atoms with Crippen LogP contribution in [0.25, 0.3) is 0 Å². The highest BCUT2D eigenvalue weighted by Crippen LogP contribution is 2.41. The molecule has 0 heterocycles. The Hall–Kier alpha value is -0.570. The van der Waals surface area contributed by atoms with Gasteiger partial charge in [-0.2, -0.15) is 0 Å². The minimum atomic E-state index is -0.344.